The van der Waals surface area contributed by atoms with E-state index < -0.39 is 0 Å². The third kappa shape index (κ3) is 7.94. The van der Waals surface area contributed by atoms with Crippen LogP contribution in [0.2, 0.25) is 0 Å². The molecule has 0 saturated carbocycles. The van der Waals surface area contributed by atoms with Crippen molar-refractivity contribution in [2.24, 2.45) is 4.99 Å². The summed E-state index contributed by atoms with van der Waals surface area (Å²) in [6.45, 7) is 5.14. The highest BCUT2D eigenvalue weighted by Gasteiger charge is 2.07. The summed E-state index contributed by atoms with van der Waals surface area (Å²) >= 11 is 0. The van der Waals surface area contributed by atoms with Gasteiger partial charge in [-0.15, -0.1) is 24.0 Å². The highest BCUT2D eigenvalue weighted by molar-refractivity contribution is 14.0. The quantitative estimate of drug-likeness (QED) is 0.240. The smallest absolute Gasteiger partial charge is 0.224 e. The summed E-state index contributed by atoms with van der Waals surface area (Å²) in [5.41, 5.74) is 1.64. The molecule has 3 N–H and O–H groups in total. The van der Waals surface area contributed by atoms with Crippen molar-refractivity contribution in [3.05, 3.63) is 53.0 Å². The molecule has 148 valence electrons. The number of rotatable bonds is 7. The van der Waals surface area contributed by atoms with E-state index in [0.29, 0.717) is 31.5 Å². The number of hydrogen-bond acceptors (Lipinski definition) is 4. The minimum Gasteiger partial charge on any atom is -0.444 e. The van der Waals surface area contributed by atoms with Gasteiger partial charge >= 0.3 is 0 Å². The van der Waals surface area contributed by atoms with Crippen molar-refractivity contribution in [3.63, 3.8) is 0 Å². The molecule has 0 radical (unpaired) electrons. The fraction of sp³-hybridized carbons (Fsp3) is 0.389. The molecule has 2 rings (SSSR count). The molecular formula is C18H25FIN5O2. The second-order valence-electron chi connectivity index (χ2n) is 5.75. The summed E-state index contributed by atoms with van der Waals surface area (Å²) < 4.78 is 18.3. The molecule has 0 aliphatic heterocycles. The molecule has 0 bridgehead atoms. The lowest BCUT2D eigenvalue weighted by Gasteiger charge is -2.11. The second kappa shape index (κ2) is 11.5. The maximum absolute atomic E-state index is 12.8. The molecule has 7 nitrogen and oxygen atoms in total. The van der Waals surface area contributed by atoms with E-state index in [4.69, 9.17) is 4.42 Å². The molecule has 0 spiro atoms. The Morgan fingerprint density at radius 1 is 1.15 bits per heavy atom. The van der Waals surface area contributed by atoms with Crippen LogP contribution in [-0.4, -0.2) is 37.0 Å². The highest BCUT2D eigenvalue weighted by Crippen LogP contribution is 2.07. The number of aryl methyl sites for hydroxylation is 2. The number of guanidine groups is 1. The SMILES string of the molecule is CN=C(NCCNC(=O)Cc1ccc(F)cc1)NCc1nc(C)c(C)o1.I. The van der Waals surface area contributed by atoms with Gasteiger partial charge in [-0.25, -0.2) is 9.37 Å². The van der Waals surface area contributed by atoms with Crippen molar-refractivity contribution >= 4 is 35.8 Å². The zero-order chi connectivity index (χ0) is 18.9. The number of nitrogens with one attached hydrogen (secondary N) is 3. The molecule has 0 atom stereocenters. The topological polar surface area (TPSA) is 91.5 Å². The van der Waals surface area contributed by atoms with Gasteiger partial charge in [-0.1, -0.05) is 12.1 Å². The van der Waals surface area contributed by atoms with E-state index >= 15 is 0 Å². The Hall–Kier alpha value is -2.17. The normalized spacial score (nSPS) is 10.9. The van der Waals surface area contributed by atoms with Gasteiger partial charge in [0.2, 0.25) is 11.8 Å². The van der Waals surface area contributed by atoms with Gasteiger partial charge in [-0.05, 0) is 31.5 Å². The number of aliphatic imine (C=N–C) groups is 1. The van der Waals surface area contributed by atoms with E-state index in [2.05, 4.69) is 25.9 Å². The minimum atomic E-state index is -0.313. The lowest BCUT2D eigenvalue weighted by Crippen LogP contribution is -2.41. The summed E-state index contributed by atoms with van der Waals surface area (Å²) in [6, 6.07) is 5.89. The molecule has 0 aliphatic rings. The standard InChI is InChI=1S/C18H24FN5O2.HI/c1-12-13(2)26-17(24-12)11-23-18(20-3)22-9-8-21-16(25)10-14-4-6-15(19)7-5-14;/h4-7H,8-11H2,1-3H3,(H,21,25)(H2,20,22,23);1H. The molecule has 0 unspecified atom stereocenters. The fourth-order valence-corrected chi connectivity index (χ4v) is 2.23. The first-order chi connectivity index (χ1) is 12.5. The van der Waals surface area contributed by atoms with E-state index in [1.165, 1.54) is 12.1 Å². The maximum Gasteiger partial charge on any atom is 0.224 e. The van der Waals surface area contributed by atoms with Gasteiger partial charge in [-0.2, -0.15) is 0 Å². The van der Waals surface area contributed by atoms with Crippen LogP contribution in [0.15, 0.2) is 33.7 Å². The first kappa shape index (κ1) is 22.9. The number of aromatic nitrogens is 1. The van der Waals surface area contributed by atoms with Crippen LogP contribution < -0.4 is 16.0 Å². The Labute approximate surface area is 175 Å². The van der Waals surface area contributed by atoms with Crippen LogP contribution in [0.5, 0.6) is 0 Å². The lowest BCUT2D eigenvalue weighted by molar-refractivity contribution is -0.120. The van der Waals surface area contributed by atoms with Crippen LogP contribution in [0.25, 0.3) is 0 Å². The Kier molecular flexibility index (Phi) is 9.76. The molecule has 1 amide bonds. The fourth-order valence-electron chi connectivity index (χ4n) is 2.23. The predicted octanol–water partition coefficient (Wildman–Crippen LogP) is 2.07. The predicted molar refractivity (Wildman–Crippen MR) is 113 cm³/mol. The molecule has 27 heavy (non-hydrogen) atoms. The third-order valence-electron chi connectivity index (χ3n) is 3.72. The van der Waals surface area contributed by atoms with Gasteiger partial charge in [0.05, 0.1) is 18.7 Å². The van der Waals surface area contributed by atoms with Crippen molar-refractivity contribution in [3.8, 4) is 0 Å². The zero-order valence-corrected chi connectivity index (χ0v) is 18.0. The number of carbonyl (C=O) groups is 1. The summed E-state index contributed by atoms with van der Waals surface area (Å²) in [7, 11) is 1.66. The van der Waals surface area contributed by atoms with E-state index in [1.54, 1.807) is 19.2 Å². The number of halogens is 2. The van der Waals surface area contributed by atoms with Gasteiger partial charge in [0.1, 0.15) is 11.6 Å². The van der Waals surface area contributed by atoms with Crippen LogP contribution in [-0.2, 0) is 17.8 Å². The molecule has 0 fully saturated rings. The van der Waals surface area contributed by atoms with Gasteiger partial charge in [-0.3, -0.25) is 9.79 Å². The summed E-state index contributed by atoms with van der Waals surface area (Å²) in [5, 5.41) is 8.99. The van der Waals surface area contributed by atoms with E-state index in [0.717, 1.165) is 17.0 Å². The van der Waals surface area contributed by atoms with E-state index in [-0.39, 0.29) is 42.1 Å². The molecule has 1 aromatic carbocycles. The van der Waals surface area contributed by atoms with Gasteiger partial charge in [0, 0.05) is 20.1 Å². The number of hydrogen-bond donors (Lipinski definition) is 3. The number of oxazole rings is 1. The van der Waals surface area contributed by atoms with Crippen molar-refractivity contribution in [1.29, 1.82) is 0 Å². The maximum atomic E-state index is 12.8. The molecule has 1 heterocycles. The van der Waals surface area contributed by atoms with Crippen molar-refractivity contribution < 1.29 is 13.6 Å². The van der Waals surface area contributed by atoms with Crippen LogP contribution in [0.3, 0.4) is 0 Å². The molecular weight excluding hydrogens is 464 g/mol. The van der Waals surface area contributed by atoms with Gasteiger partial charge < -0.3 is 20.4 Å². The second-order valence-corrected chi connectivity index (χ2v) is 5.75. The first-order valence-electron chi connectivity index (χ1n) is 8.36. The zero-order valence-electron chi connectivity index (χ0n) is 15.6. The summed E-state index contributed by atoms with van der Waals surface area (Å²) in [6.07, 6.45) is 0.218. The summed E-state index contributed by atoms with van der Waals surface area (Å²) in [4.78, 5) is 20.2. The minimum absolute atomic E-state index is 0. The number of benzene rings is 1. The molecule has 0 aliphatic carbocycles. The van der Waals surface area contributed by atoms with Gasteiger partial charge in [0.25, 0.3) is 0 Å². The molecule has 2 aromatic rings. The number of nitrogens with zero attached hydrogens (tertiary/aromatic N) is 2. The van der Waals surface area contributed by atoms with E-state index in [1.807, 2.05) is 13.8 Å². The Morgan fingerprint density at radius 2 is 1.81 bits per heavy atom. The third-order valence-corrected chi connectivity index (χ3v) is 3.72. The van der Waals surface area contributed by atoms with Crippen LogP contribution >= 0.6 is 24.0 Å². The molecule has 1 aromatic heterocycles. The van der Waals surface area contributed by atoms with Crippen LogP contribution in [0, 0.1) is 19.7 Å². The lowest BCUT2D eigenvalue weighted by atomic mass is 10.1. The van der Waals surface area contributed by atoms with Gasteiger partial charge in [0.15, 0.2) is 5.96 Å². The number of carbonyl (C=O) groups excluding carboxylic acids is 1. The van der Waals surface area contributed by atoms with Crippen molar-refractivity contribution in [2.75, 3.05) is 20.1 Å². The van der Waals surface area contributed by atoms with E-state index in [9.17, 15) is 9.18 Å². The first-order valence-corrected chi connectivity index (χ1v) is 8.36. The highest BCUT2D eigenvalue weighted by atomic mass is 127. The molecule has 0 saturated heterocycles. The largest absolute Gasteiger partial charge is 0.444 e. The summed E-state index contributed by atoms with van der Waals surface area (Å²) in [5.74, 6) is 1.55. The Morgan fingerprint density at radius 3 is 2.41 bits per heavy atom. The average Bonchev–Trinajstić information content (AvgIpc) is 2.94. The monoisotopic (exact) mass is 489 g/mol. The van der Waals surface area contributed by atoms with Crippen LogP contribution in [0.4, 0.5) is 4.39 Å². The van der Waals surface area contributed by atoms with Crippen LogP contribution in [0.1, 0.15) is 22.9 Å². The van der Waals surface area contributed by atoms with Crippen molar-refractivity contribution in [2.45, 2.75) is 26.8 Å². The number of amides is 1. The van der Waals surface area contributed by atoms with Crippen molar-refractivity contribution in [1.82, 2.24) is 20.9 Å². The molecule has 9 heteroatoms. The Balaban J connectivity index is 0.00000364. The Bertz CT molecular complexity index is 742. The average molecular weight is 489 g/mol.